The van der Waals surface area contributed by atoms with Crippen molar-refractivity contribution in [1.82, 2.24) is 0 Å². The highest BCUT2D eigenvalue weighted by atomic mass is 16.5. The summed E-state index contributed by atoms with van der Waals surface area (Å²) in [7, 11) is 1.56. The third-order valence-corrected chi connectivity index (χ3v) is 3.47. The quantitative estimate of drug-likeness (QED) is 0.639. The van der Waals surface area contributed by atoms with Crippen molar-refractivity contribution in [3.8, 4) is 11.8 Å². The Balaban J connectivity index is 1.94. The Morgan fingerprint density at radius 3 is 2.69 bits per heavy atom. The molecule has 0 aliphatic heterocycles. The average molecular weight is 350 g/mol. The van der Waals surface area contributed by atoms with Gasteiger partial charge in [0.1, 0.15) is 11.8 Å². The molecule has 0 aromatic heterocycles. The van der Waals surface area contributed by atoms with E-state index in [4.69, 9.17) is 14.7 Å². The Hall–Kier alpha value is -3.59. The highest BCUT2D eigenvalue weighted by Gasteiger charge is 2.17. The lowest BCUT2D eigenvalue weighted by atomic mass is 10.2. The number of nitrogens with one attached hydrogen (secondary N) is 1. The predicted octanol–water partition coefficient (Wildman–Crippen LogP) is 3.15. The van der Waals surface area contributed by atoms with Gasteiger partial charge in [0.25, 0.3) is 5.91 Å². The van der Waals surface area contributed by atoms with E-state index in [9.17, 15) is 9.59 Å². The molecule has 0 heterocycles. The summed E-state index contributed by atoms with van der Waals surface area (Å²) >= 11 is 0. The first-order chi connectivity index (χ1) is 12.5. The van der Waals surface area contributed by atoms with Crippen LogP contribution in [-0.2, 0) is 14.3 Å². The van der Waals surface area contributed by atoms with Crippen LogP contribution < -0.4 is 10.1 Å². The molecule has 1 amide bonds. The molecule has 1 N–H and O–H groups in total. The fourth-order valence-electron chi connectivity index (χ4n) is 2.10. The normalized spacial score (nSPS) is 11.4. The number of carbonyl (C=O) groups is 2. The summed E-state index contributed by atoms with van der Waals surface area (Å²) < 4.78 is 10.2. The van der Waals surface area contributed by atoms with Crippen molar-refractivity contribution in [2.45, 2.75) is 13.0 Å². The number of rotatable bonds is 6. The van der Waals surface area contributed by atoms with E-state index >= 15 is 0 Å². The van der Waals surface area contributed by atoms with Crippen LogP contribution in [0.2, 0.25) is 0 Å². The van der Waals surface area contributed by atoms with Gasteiger partial charge in [-0.3, -0.25) is 4.79 Å². The molecule has 132 valence electrons. The first kappa shape index (κ1) is 18.7. The molecule has 0 unspecified atom stereocenters. The number of esters is 1. The van der Waals surface area contributed by atoms with E-state index < -0.39 is 18.0 Å². The molecule has 0 saturated heterocycles. The molecule has 0 aliphatic rings. The molecule has 26 heavy (non-hydrogen) atoms. The molecule has 0 spiro atoms. The maximum absolute atomic E-state index is 12.1. The van der Waals surface area contributed by atoms with Crippen molar-refractivity contribution in [3.63, 3.8) is 0 Å². The molecule has 2 aromatic carbocycles. The van der Waals surface area contributed by atoms with Gasteiger partial charge in [0, 0.05) is 6.08 Å². The highest BCUT2D eigenvalue weighted by molar-refractivity contribution is 5.97. The van der Waals surface area contributed by atoms with Crippen LogP contribution in [0.3, 0.4) is 0 Å². The number of ether oxygens (including phenoxy) is 2. The van der Waals surface area contributed by atoms with Gasteiger partial charge >= 0.3 is 5.97 Å². The second kappa shape index (κ2) is 9.04. The molecule has 2 rings (SSSR count). The van der Waals surface area contributed by atoms with Crippen LogP contribution in [-0.4, -0.2) is 25.1 Å². The maximum Gasteiger partial charge on any atom is 0.331 e. The Morgan fingerprint density at radius 2 is 1.96 bits per heavy atom. The van der Waals surface area contributed by atoms with Gasteiger partial charge in [-0.05, 0) is 42.8 Å². The molecule has 0 radical (unpaired) electrons. The van der Waals surface area contributed by atoms with Crippen LogP contribution in [0.15, 0.2) is 54.6 Å². The summed E-state index contributed by atoms with van der Waals surface area (Å²) in [5, 5.41) is 11.6. The van der Waals surface area contributed by atoms with Gasteiger partial charge in [0.05, 0.1) is 18.4 Å². The maximum atomic E-state index is 12.1. The van der Waals surface area contributed by atoms with Crippen molar-refractivity contribution >= 4 is 23.6 Å². The molecule has 0 fully saturated rings. The van der Waals surface area contributed by atoms with E-state index in [2.05, 4.69) is 5.32 Å². The lowest BCUT2D eigenvalue weighted by molar-refractivity contribution is -0.148. The van der Waals surface area contributed by atoms with Gasteiger partial charge in [0.15, 0.2) is 6.10 Å². The van der Waals surface area contributed by atoms with Gasteiger partial charge in [-0.2, -0.15) is 5.26 Å². The van der Waals surface area contributed by atoms with Gasteiger partial charge in [-0.25, -0.2) is 4.79 Å². The number of hydrogen-bond donors (Lipinski definition) is 1. The Labute approximate surface area is 151 Å². The number of amides is 1. The first-order valence-electron chi connectivity index (χ1n) is 7.86. The zero-order chi connectivity index (χ0) is 18.9. The van der Waals surface area contributed by atoms with E-state index in [0.29, 0.717) is 17.0 Å². The van der Waals surface area contributed by atoms with Crippen LogP contribution >= 0.6 is 0 Å². The lowest BCUT2D eigenvalue weighted by Crippen LogP contribution is -2.29. The average Bonchev–Trinajstić information content (AvgIpc) is 2.66. The van der Waals surface area contributed by atoms with E-state index in [1.807, 2.05) is 6.07 Å². The summed E-state index contributed by atoms with van der Waals surface area (Å²) in [6, 6.07) is 15.7. The van der Waals surface area contributed by atoms with Crippen LogP contribution in [0.1, 0.15) is 18.1 Å². The fourth-order valence-corrected chi connectivity index (χ4v) is 2.10. The molecule has 0 aliphatic carbocycles. The predicted molar refractivity (Wildman–Crippen MR) is 97.4 cm³/mol. The van der Waals surface area contributed by atoms with Crippen LogP contribution in [0.5, 0.6) is 5.75 Å². The van der Waals surface area contributed by atoms with E-state index in [-0.39, 0.29) is 0 Å². The number of anilines is 1. The van der Waals surface area contributed by atoms with Crippen molar-refractivity contribution in [1.29, 1.82) is 5.26 Å². The Kier molecular flexibility index (Phi) is 6.52. The standard InChI is InChI=1S/C20H18N2O4/c1-14(20(24)22-18-9-4-3-7-16(18)13-21)26-19(23)11-10-15-6-5-8-17(12-15)25-2/h3-12,14H,1-2H3,(H,22,24)/b11-10+/t14-/m1/s1. The van der Waals surface area contributed by atoms with Gasteiger partial charge < -0.3 is 14.8 Å². The number of carbonyl (C=O) groups excluding carboxylic acids is 2. The monoisotopic (exact) mass is 350 g/mol. The van der Waals surface area contributed by atoms with Crippen LogP contribution in [0.25, 0.3) is 6.08 Å². The van der Waals surface area contributed by atoms with Crippen molar-refractivity contribution in [3.05, 3.63) is 65.7 Å². The summed E-state index contributed by atoms with van der Waals surface area (Å²) in [6.45, 7) is 1.46. The second-order valence-electron chi connectivity index (χ2n) is 5.34. The zero-order valence-electron chi connectivity index (χ0n) is 14.4. The summed E-state index contributed by atoms with van der Waals surface area (Å²) in [4.78, 5) is 24.0. The van der Waals surface area contributed by atoms with Gasteiger partial charge in [0.2, 0.25) is 0 Å². The summed E-state index contributed by atoms with van der Waals surface area (Å²) in [6.07, 6.45) is 1.80. The van der Waals surface area contributed by atoms with Gasteiger partial charge in [-0.1, -0.05) is 24.3 Å². The number of methoxy groups -OCH3 is 1. The molecular weight excluding hydrogens is 332 g/mol. The molecule has 2 aromatic rings. The molecule has 1 atom stereocenters. The van der Waals surface area contributed by atoms with Crippen molar-refractivity contribution < 1.29 is 19.1 Å². The Bertz CT molecular complexity index is 868. The van der Waals surface area contributed by atoms with Crippen LogP contribution in [0, 0.1) is 11.3 Å². The minimum Gasteiger partial charge on any atom is -0.497 e. The number of para-hydroxylation sites is 1. The minimum atomic E-state index is -1.01. The summed E-state index contributed by atoms with van der Waals surface area (Å²) in [5.74, 6) is -0.496. The SMILES string of the molecule is COc1cccc(/C=C/C(=O)O[C@H](C)C(=O)Nc2ccccc2C#N)c1. The number of benzene rings is 2. The third-order valence-electron chi connectivity index (χ3n) is 3.47. The lowest BCUT2D eigenvalue weighted by Gasteiger charge is -2.13. The van der Waals surface area contributed by atoms with E-state index in [0.717, 1.165) is 5.56 Å². The van der Waals surface area contributed by atoms with Gasteiger partial charge in [-0.15, -0.1) is 0 Å². The molecule has 6 nitrogen and oxygen atoms in total. The first-order valence-corrected chi connectivity index (χ1v) is 7.86. The topological polar surface area (TPSA) is 88.4 Å². The number of nitrogens with zero attached hydrogens (tertiary/aromatic N) is 1. The molecule has 0 bridgehead atoms. The molecular formula is C20H18N2O4. The van der Waals surface area contributed by atoms with Crippen molar-refractivity contribution in [2.75, 3.05) is 12.4 Å². The summed E-state index contributed by atoms with van der Waals surface area (Å²) in [5.41, 5.74) is 1.47. The minimum absolute atomic E-state index is 0.331. The van der Waals surface area contributed by atoms with Crippen molar-refractivity contribution in [2.24, 2.45) is 0 Å². The molecule has 6 heteroatoms. The zero-order valence-corrected chi connectivity index (χ0v) is 14.4. The smallest absolute Gasteiger partial charge is 0.331 e. The third kappa shape index (κ3) is 5.21. The highest BCUT2D eigenvalue weighted by Crippen LogP contribution is 2.15. The largest absolute Gasteiger partial charge is 0.497 e. The Morgan fingerprint density at radius 1 is 1.19 bits per heavy atom. The number of hydrogen-bond acceptors (Lipinski definition) is 5. The molecule has 0 saturated carbocycles. The second-order valence-corrected chi connectivity index (χ2v) is 5.34. The number of nitriles is 1. The fraction of sp³-hybridized carbons (Fsp3) is 0.150. The van der Waals surface area contributed by atoms with Crippen LogP contribution in [0.4, 0.5) is 5.69 Å². The van der Waals surface area contributed by atoms with E-state index in [1.54, 1.807) is 61.7 Å². The van der Waals surface area contributed by atoms with E-state index in [1.165, 1.54) is 13.0 Å².